The molecule has 1 saturated heterocycles. The maximum absolute atomic E-state index is 14.8. The number of nitrogens with one attached hydrogen (secondary N) is 3. The number of aryl methyl sites for hydroxylation is 1. The van der Waals surface area contributed by atoms with Crippen molar-refractivity contribution in [1.29, 1.82) is 0 Å². The smallest absolute Gasteiger partial charge is 0.408 e. The first kappa shape index (κ1) is 42.2. The van der Waals surface area contributed by atoms with Crippen molar-refractivity contribution < 1.29 is 50.6 Å². The Morgan fingerprint density at radius 1 is 1.07 bits per heavy atom. The summed E-state index contributed by atoms with van der Waals surface area (Å²) in [5.74, 6) is -2.21. The highest BCUT2D eigenvalue weighted by Gasteiger charge is 2.62. The van der Waals surface area contributed by atoms with Crippen LogP contribution in [0.1, 0.15) is 91.0 Å². The largest absolute Gasteiger partial charge is 0.493 e. The number of nitrogens with zero attached hydrogens (tertiary/aromatic N) is 2. The normalized spacial score (nSPS) is 25.0. The number of benzene rings is 2. The number of furan rings is 1. The van der Waals surface area contributed by atoms with Crippen molar-refractivity contribution >= 4 is 66.8 Å². The van der Waals surface area contributed by atoms with Gasteiger partial charge < -0.3 is 34.2 Å². The average molecular weight is 862 g/mol. The molecule has 2 aromatic heterocycles. The summed E-state index contributed by atoms with van der Waals surface area (Å²) in [4.78, 5) is 62.5. The molecule has 4 amide bonds. The minimum absolute atomic E-state index is 0.0600. The van der Waals surface area contributed by atoms with Gasteiger partial charge in [-0.15, -0.1) is 0 Å². The Balaban J connectivity index is 1.18. The van der Waals surface area contributed by atoms with E-state index in [1.165, 1.54) is 23.1 Å². The van der Waals surface area contributed by atoms with Gasteiger partial charge in [0, 0.05) is 34.7 Å². The first-order valence-corrected chi connectivity index (χ1v) is 22.6. The van der Waals surface area contributed by atoms with Crippen LogP contribution < -0.4 is 24.8 Å². The first-order chi connectivity index (χ1) is 29.0. The fraction of sp³-hybridized carbons (Fsp3) is 0.523. The van der Waals surface area contributed by atoms with Crippen molar-refractivity contribution in [3.63, 3.8) is 0 Å². The van der Waals surface area contributed by atoms with Gasteiger partial charge in [-0.1, -0.05) is 25.0 Å². The van der Waals surface area contributed by atoms with E-state index >= 15 is 0 Å². The van der Waals surface area contributed by atoms with Crippen molar-refractivity contribution in [1.82, 2.24) is 25.2 Å². The number of aromatic nitrogens is 1. The Kier molecular flexibility index (Phi) is 11.2. The van der Waals surface area contributed by atoms with Crippen LogP contribution in [0.2, 0.25) is 0 Å². The van der Waals surface area contributed by atoms with Crippen LogP contribution >= 0.6 is 0 Å². The number of pyridine rings is 1. The molecule has 15 nitrogen and oxygen atoms in total. The SMILES string of the molecule is CCOc1ccc2c(oc3c(O[C@@H]4C[C@H]5C(=O)N[C@]6(C(=O)NS(=O)(=O)C7CC7)C[C@H]6C=CCCCCC[C@H](NC(=O)OC(C)(C)C)C(=O)N5C4)c4ccc(F)cc4nc32)c1C. The Hall–Kier alpha value is -5.45. The molecule has 61 heavy (non-hydrogen) atoms. The Bertz CT molecular complexity index is 2570. The zero-order valence-electron chi connectivity index (χ0n) is 35.0. The molecule has 3 N–H and O–H groups in total. The molecule has 2 aliphatic heterocycles. The van der Waals surface area contributed by atoms with E-state index in [0.29, 0.717) is 65.4 Å². The number of ether oxygens (including phenoxy) is 3. The van der Waals surface area contributed by atoms with Crippen LogP contribution in [0.25, 0.3) is 33.0 Å². The lowest BCUT2D eigenvalue weighted by atomic mass is 10.0. The van der Waals surface area contributed by atoms with E-state index in [1.807, 2.05) is 38.1 Å². The van der Waals surface area contributed by atoms with Gasteiger partial charge in [0.25, 0.3) is 5.91 Å². The second-order valence-corrected chi connectivity index (χ2v) is 19.5. The van der Waals surface area contributed by atoms with Crippen LogP contribution in [0.4, 0.5) is 9.18 Å². The molecule has 4 aliphatic rings. The summed E-state index contributed by atoms with van der Waals surface area (Å²) in [6, 6.07) is 5.44. The van der Waals surface area contributed by atoms with E-state index in [-0.39, 0.29) is 37.1 Å². The predicted molar refractivity (Wildman–Crippen MR) is 224 cm³/mol. The summed E-state index contributed by atoms with van der Waals surface area (Å²) in [5.41, 5.74) is -0.205. The zero-order chi connectivity index (χ0) is 43.4. The molecule has 5 atom stereocenters. The number of sulfonamides is 1. The Morgan fingerprint density at radius 2 is 1.84 bits per heavy atom. The molecule has 3 fully saturated rings. The van der Waals surface area contributed by atoms with Crippen molar-refractivity contribution in [2.45, 2.75) is 127 Å². The van der Waals surface area contributed by atoms with E-state index in [1.54, 1.807) is 20.8 Å². The number of rotatable bonds is 8. The van der Waals surface area contributed by atoms with Crippen molar-refractivity contribution in [2.24, 2.45) is 5.92 Å². The van der Waals surface area contributed by atoms with Crippen LogP contribution in [0.5, 0.6) is 11.5 Å². The van der Waals surface area contributed by atoms with Crippen molar-refractivity contribution in [3.05, 3.63) is 53.9 Å². The zero-order valence-corrected chi connectivity index (χ0v) is 35.8. The number of amides is 4. The van der Waals surface area contributed by atoms with Crippen LogP contribution in [0, 0.1) is 18.7 Å². The maximum atomic E-state index is 14.8. The minimum atomic E-state index is -3.94. The Morgan fingerprint density at radius 3 is 2.57 bits per heavy atom. The summed E-state index contributed by atoms with van der Waals surface area (Å²) >= 11 is 0. The lowest BCUT2D eigenvalue weighted by molar-refractivity contribution is -0.141. The van der Waals surface area contributed by atoms with Gasteiger partial charge in [-0.3, -0.25) is 19.1 Å². The highest BCUT2D eigenvalue weighted by Crippen LogP contribution is 2.47. The molecule has 0 bridgehead atoms. The molecule has 326 valence electrons. The molecule has 4 heterocycles. The third-order valence-corrected chi connectivity index (χ3v) is 13.6. The summed E-state index contributed by atoms with van der Waals surface area (Å²) < 4.78 is 67.5. The van der Waals surface area contributed by atoms with E-state index in [9.17, 15) is 32.0 Å². The third-order valence-electron chi connectivity index (χ3n) is 11.8. The third kappa shape index (κ3) is 8.57. The topological polar surface area (TPSA) is 195 Å². The van der Waals surface area contributed by atoms with Gasteiger partial charge in [0.2, 0.25) is 21.8 Å². The van der Waals surface area contributed by atoms with E-state index in [0.717, 1.165) is 18.4 Å². The van der Waals surface area contributed by atoms with E-state index in [2.05, 4.69) is 15.4 Å². The van der Waals surface area contributed by atoms with Gasteiger partial charge in [0.1, 0.15) is 52.0 Å². The van der Waals surface area contributed by atoms with Gasteiger partial charge in [0.15, 0.2) is 11.3 Å². The second kappa shape index (κ2) is 16.1. The lowest BCUT2D eigenvalue weighted by Gasteiger charge is -2.30. The Labute approximate surface area is 353 Å². The summed E-state index contributed by atoms with van der Waals surface area (Å²) in [6.45, 7) is 9.18. The van der Waals surface area contributed by atoms with Gasteiger partial charge in [-0.05, 0) is 97.4 Å². The lowest BCUT2D eigenvalue weighted by Crippen LogP contribution is -2.58. The van der Waals surface area contributed by atoms with Gasteiger partial charge >= 0.3 is 6.09 Å². The minimum Gasteiger partial charge on any atom is -0.493 e. The quantitative estimate of drug-likeness (QED) is 0.170. The highest BCUT2D eigenvalue weighted by molar-refractivity contribution is 7.91. The fourth-order valence-corrected chi connectivity index (χ4v) is 9.82. The number of carbonyl (C=O) groups is 4. The maximum Gasteiger partial charge on any atom is 0.408 e. The molecule has 4 aromatic rings. The summed E-state index contributed by atoms with van der Waals surface area (Å²) in [5, 5.41) is 6.04. The average Bonchev–Trinajstić information content (AvgIpc) is 4.09. The molecule has 17 heteroatoms. The number of halogens is 1. The van der Waals surface area contributed by atoms with Crippen LogP contribution in [-0.2, 0) is 29.1 Å². The van der Waals surface area contributed by atoms with Crippen LogP contribution in [0.15, 0.2) is 46.9 Å². The molecule has 0 spiro atoms. The van der Waals surface area contributed by atoms with Gasteiger partial charge in [-0.2, -0.15) is 0 Å². The second-order valence-electron chi connectivity index (χ2n) is 17.6. The monoisotopic (exact) mass is 861 g/mol. The van der Waals surface area contributed by atoms with Crippen LogP contribution in [-0.4, -0.2) is 89.8 Å². The molecule has 2 aliphatic carbocycles. The number of hydrogen-bond acceptors (Lipinski definition) is 11. The first-order valence-electron chi connectivity index (χ1n) is 21.1. The molecule has 0 radical (unpaired) electrons. The number of alkyl carbamates (subject to hydrolysis) is 1. The van der Waals surface area contributed by atoms with Gasteiger partial charge in [-0.25, -0.2) is 22.6 Å². The molecule has 0 unspecified atom stereocenters. The fourth-order valence-electron chi connectivity index (χ4n) is 8.45. The number of allylic oxidation sites excluding steroid dienone is 1. The number of carbonyl (C=O) groups excluding carboxylic acids is 4. The standard InChI is InChI=1S/C44H52FN5O10S/c1-6-57-34-19-18-30-35-38(59-36(30)24(34)2)37(29-17-14-26(45)20-32(29)46-35)58-27-21-33-39(51)48-44(41(53)49-61(55,56)28-15-16-28)22-25(44)12-10-8-7-9-11-13-31(40(52)50(33)23-27)47-42(54)60-43(3,4)5/h10,12,14,17-20,25,27-28,31,33H,6-9,11,13,15-16,21-23H2,1-5H3,(H,47,54)(H,48,51)(H,49,53)/t25-,27-,31+,33+,44-/m1/s1. The van der Waals surface area contributed by atoms with Gasteiger partial charge in [0.05, 0.1) is 23.9 Å². The van der Waals surface area contributed by atoms with Crippen LogP contribution in [0.3, 0.4) is 0 Å². The van der Waals surface area contributed by atoms with Crippen molar-refractivity contribution in [2.75, 3.05) is 13.2 Å². The highest BCUT2D eigenvalue weighted by atomic mass is 32.2. The number of fused-ring (bicyclic) bond motifs is 6. The summed E-state index contributed by atoms with van der Waals surface area (Å²) in [7, 11) is -3.94. The van der Waals surface area contributed by atoms with Crippen molar-refractivity contribution in [3.8, 4) is 11.5 Å². The molecule has 2 saturated carbocycles. The van der Waals surface area contributed by atoms with E-state index in [4.69, 9.17) is 23.6 Å². The van der Waals surface area contributed by atoms with E-state index < -0.39 is 80.2 Å². The number of hydrogen-bond donors (Lipinski definition) is 3. The molecule has 2 aromatic carbocycles. The molecule has 8 rings (SSSR count). The molecular formula is C44H52FN5O10S. The molecular weight excluding hydrogens is 810 g/mol. The summed E-state index contributed by atoms with van der Waals surface area (Å²) in [6.07, 6.45) is 6.09. The predicted octanol–water partition coefficient (Wildman–Crippen LogP) is 6.23.